The van der Waals surface area contributed by atoms with E-state index in [0.717, 1.165) is 5.69 Å². The fourth-order valence-corrected chi connectivity index (χ4v) is 4.54. The monoisotopic (exact) mass is 437 g/mol. The Morgan fingerprint density at radius 2 is 1.16 bits per heavy atom. The van der Waals surface area contributed by atoms with Gasteiger partial charge in [0.05, 0.1) is 5.69 Å². The second-order valence-corrected chi connectivity index (χ2v) is 14.5. The molecular formula is C29H43NS. The first-order valence-corrected chi connectivity index (χ1v) is 12.2. The van der Waals surface area contributed by atoms with Gasteiger partial charge in [-0.2, -0.15) is 0 Å². The van der Waals surface area contributed by atoms with E-state index in [1.54, 1.807) is 0 Å². The molecule has 0 aliphatic carbocycles. The van der Waals surface area contributed by atoms with Crippen molar-refractivity contribution in [1.82, 2.24) is 0 Å². The van der Waals surface area contributed by atoms with E-state index in [1.165, 1.54) is 27.1 Å². The first kappa shape index (κ1) is 25.7. The van der Waals surface area contributed by atoms with Gasteiger partial charge in [0, 0.05) is 21.4 Å². The van der Waals surface area contributed by atoms with Crippen molar-refractivity contribution in [3.63, 3.8) is 0 Å². The molecule has 2 rings (SSSR count). The molecule has 0 spiro atoms. The van der Waals surface area contributed by atoms with Crippen LogP contribution < -0.4 is 0 Å². The van der Waals surface area contributed by atoms with Gasteiger partial charge in [0.15, 0.2) is 0 Å². The number of nitrogens with zero attached hydrogens (tertiary/aromatic N) is 1. The van der Waals surface area contributed by atoms with Crippen molar-refractivity contribution in [2.24, 2.45) is 4.99 Å². The highest BCUT2D eigenvalue weighted by Gasteiger charge is 2.29. The van der Waals surface area contributed by atoms with Crippen molar-refractivity contribution in [2.45, 2.75) is 109 Å². The molecule has 0 aliphatic rings. The van der Waals surface area contributed by atoms with E-state index in [1.807, 2.05) is 11.8 Å². The van der Waals surface area contributed by atoms with Gasteiger partial charge in [0.25, 0.3) is 0 Å². The molecule has 2 heteroatoms. The van der Waals surface area contributed by atoms with Crippen molar-refractivity contribution >= 4 is 23.7 Å². The quantitative estimate of drug-likeness (QED) is 0.344. The summed E-state index contributed by atoms with van der Waals surface area (Å²) in [6.45, 7) is 27.4. The smallest absolute Gasteiger partial charge is 0.0704 e. The van der Waals surface area contributed by atoms with Gasteiger partial charge in [-0.25, -0.2) is 0 Å². The summed E-state index contributed by atoms with van der Waals surface area (Å²) in [4.78, 5) is 6.46. The largest absolute Gasteiger partial charge is 0.256 e. The Morgan fingerprint density at radius 3 is 1.58 bits per heavy atom. The number of rotatable bonds is 3. The van der Waals surface area contributed by atoms with Crippen LogP contribution >= 0.6 is 11.8 Å². The predicted molar refractivity (Wildman–Crippen MR) is 142 cm³/mol. The molecular weight excluding hydrogens is 394 g/mol. The van der Waals surface area contributed by atoms with Gasteiger partial charge in [0.2, 0.25) is 0 Å². The molecule has 170 valence electrons. The standard InChI is InChI=1S/C29H43NS/c1-26(2,3)21-17-22(27(4,5)6)25(23(18-21)28(7,8)9)30-19-20-15-13-14-16-24(20)31-29(10,11)12/h13-19H,1-12H3. The first-order valence-electron chi connectivity index (χ1n) is 11.4. The van der Waals surface area contributed by atoms with E-state index in [2.05, 4.69) is 126 Å². The molecule has 0 aliphatic heterocycles. The van der Waals surface area contributed by atoms with Crippen molar-refractivity contribution in [3.8, 4) is 0 Å². The summed E-state index contributed by atoms with van der Waals surface area (Å²) in [5.74, 6) is 0. The molecule has 0 unspecified atom stereocenters. The summed E-state index contributed by atoms with van der Waals surface area (Å²) in [5, 5.41) is 0. The Kier molecular flexibility index (Phi) is 7.28. The van der Waals surface area contributed by atoms with Crippen molar-refractivity contribution in [2.75, 3.05) is 0 Å². The van der Waals surface area contributed by atoms with Crippen LogP contribution in [-0.2, 0) is 16.2 Å². The van der Waals surface area contributed by atoms with Crippen molar-refractivity contribution in [1.29, 1.82) is 0 Å². The molecule has 0 atom stereocenters. The molecule has 2 aromatic rings. The summed E-state index contributed by atoms with van der Waals surface area (Å²) >= 11 is 1.90. The second-order valence-electron chi connectivity index (χ2n) is 12.7. The summed E-state index contributed by atoms with van der Waals surface area (Å²) in [7, 11) is 0. The zero-order valence-electron chi connectivity index (χ0n) is 21.9. The zero-order valence-corrected chi connectivity index (χ0v) is 22.7. The van der Waals surface area contributed by atoms with Crippen LogP contribution in [0.2, 0.25) is 0 Å². The SMILES string of the molecule is CC(C)(C)Sc1ccccc1C=Nc1c(C(C)(C)C)cc(C(C)(C)C)cc1C(C)(C)C. The summed E-state index contributed by atoms with van der Waals surface area (Å²) < 4.78 is 0.158. The van der Waals surface area contributed by atoms with Gasteiger partial charge < -0.3 is 0 Å². The normalized spacial score (nSPS) is 13.8. The maximum absolute atomic E-state index is 5.18. The lowest BCUT2D eigenvalue weighted by molar-refractivity contribution is 0.550. The Morgan fingerprint density at radius 1 is 0.677 bits per heavy atom. The molecule has 0 amide bonds. The highest BCUT2D eigenvalue weighted by atomic mass is 32.2. The van der Waals surface area contributed by atoms with Gasteiger partial charge in [-0.05, 0) is 39.0 Å². The van der Waals surface area contributed by atoms with E-state index in [0.29, 0.717) is 0 Å². The van der Waals surface area contributed by atoms with Crippen molar-refractivity contribution < 1.29 is 0 Å². The van der Waals surface area contributed by atoms with Crippen LogP contribution in [0.5, 0.6) is 0 Å². The van der Waals surface area contributed by atoms with E-state index < -0.39 is 0 Å². The van der Waals surface area contributed by atoms with Gasteiger partial charge >= 0.3 is 0 Å². The third-order valence-electron chi connectivity index (χ3n) is 5.26. The molecule has 0 bridgehead atoms. The van der Waals surface area contributed by atoms with E-state index in [4.69, 9.17) is 4.99 Å². The van der Waals surface area contributed by atoms with E-state index in [-0.39, 0.29) is 21.0 Å². The lowest BCUT2D eigenvalue weighted by Crippen LogP contribution is -2.21. The summed E-state index contributed by atoms with van der Waals surface area (Å²) in [6.07, 6.45) is 2.07. The molecule has 1 nitrogen and oxygen atoms in total. The van der Waals surface area contributed by atoms with E-state index >= 15 is 0 Å². The maximum Gasteiger partial charge on any atom is 0.0704 e. The van der Waals surface area contributed by atoms with Crippen LogP contribution in [0, 0.1) is 0 Å². The molecule has 0 heterocycles. The zero-order chi connectivity index (χ0) is 23.8. The second kappa shape index (κ2) is 8.77. The van der Waals surface area contributed by atoms with Crippen LogP contribution in [-0.4, -0.2) is 11.0 Å². The van der Waals surface area contributed by atoms with Gasteiger partial charge in [-0.15, -0.1) is 11.8 Å². The number of thioether (sulfide) groups is 1. The predicted octanol–water partition coefficient (Wildman–Crippen LogP) is 9.22. The topological polar surface area (TPSA) is 12.4 Å². The lowest BCUT2D eigenvalue weighted by Gasteiger charge is -2.32. The van der Waals surface area contributed by atoms with Crippen LogP contribution in [0.25, 0.3) is 0 Å². The molecule has 0 saturated carbocycles. The van der Waals surface area contributed by atoms with Crippen molar-refractivity contribution in [3.05, 3.63) is 58.7 Å². The first-order chi connectivity index (χ1) is 13.9. The van der Waals surface area contributed by atoms with Gasteiger partial charge in [-0.1, -0.05) is 113 Å². The average Bonchev–Trinajstić information content (AvgIpc) is 2.56. The van der Waals surface area contributed by atoms with Crippen LogP contribution in [0.1, 0.15) is 105 Å². The number of benzene rings is 2. The molecule has 0 aromatic heterocycles. The highest BCUT2D eigenvalue weighted by molar-refractivity contribution is 8.00. The molecule has 2 aromatic carbocycles. The third-order valence-corrected chi connectivity index (χ3v) is 6.46. The highest BCUT2D eigenvalue weighted by Crippen LogP contribution is 2.43. The fraction of sp³-hybridized carbons (Fsp3) is 0.552. The molecule has 0 fully saturated rings. The fourth-order valence-electron chi connectivity index (χ4n) is 3.49. The molecule has 31 heavy (non-hydrogen) atoms. The van der Waals surface area contributed by atoms with Crippen LogP contribution in [0.3, 0.4) is 0 Å². The number of hydrogen-bond acceptors (Lipinski definition) is 2. The van der Waals surface area contributed by atoms with E-state index in [9.17, 15) is 0 Å². The molecule has 0 saturated heterocycles. The summed E-state index contributed by atoms with van der Waals surface area (Å²) in [6, 6.07) is 13.4. The molecule has 0 radical (unpaired) electrons. The number of hydrogen-bond donors (Lipinski definition) is 0. The average molecular weight is 438 g/mol. The Labute approximate surface area is 196 Å². The van der Waals surface area contributed by atoms with Crippen LogP contribution in [0.4, 0.5) is 5.69 Å². The third kappa shape index (κ3) is 6.97. The summed E-state index contributed by atoms with van der Waals surface area (Å²) in [5.41, 5.74) is 6.44. The Bertz CT molecular complexity index is 903. The molecule has 0 N–H and O–H groups in total. The van der Waals surface area contributed by atoms with Gasteiger partial charge in [0.1, 0.15) is 0 Å². The minimum absolute atomic E-state index is 0.00755. The number of aliphatic imine (C=N–C) groups is 1. The minimum Gasteiger partial charge on any atom is -0.256 e. The minimum atomic E-state index is 0.00755. The maximum atomic E-state index is 5.18. The van der Waals surface area contributed by atoms with Crippen LogP contribution in [0.15, 0.2) is 46.3 Å². The van der Waals surface area contributed by atoms with Gasteiger partial charge in [-0.3, -0.25) is 4.99 Å². The lowest BCUT2D eigenvalue weighted by atomic mass is 9.74. The Hall–Kier alpha value is -1.54. The Balaban J connectivity index is 2.74.